The van der Waals surface area contributed by atoms with Crippen molar-refractivity contribution in [3.63, 3.8) is 0 Å². The van der Waals surface area contributed by atoms with Gasteiger partial charge >= 0.3 is 0 Å². The number of primary amides is 1. The molecular weight excluding hydrogens is 314 g/mol. The van der Waals surface area contributed by atoms with Crippen molar-refractivity contribution in [2.24, 2.45) is 17.2 Å². The number of fused-ring (bicyclic) bond motifs is 2. The third-order valence-corrected chi connectivity index (χ3v) is 4.85. The number of aromatic nitrogens is 2. The minimum Gasteiger partial charge on any atom is -0.464 e. The van der Waals surface area contributed by atoms with Crippen LogP contribution >= 0.6 is 11.3 Å². The van der Waals surface area contributed by atoms with Crippen LogP contribution in [-0.4, -0.2) is 15.9 Å². The summed E-state index contributed by atoms with van der Waals surface area (Å²) in [6.45, 7) is 0. The molecule has 116 valence electrons. The predicted octanol–water partition coefficient (Wildman–Crippen LogP) is 0.989. The molecule has 23 heavy (non-hydrogen) atoms. The van der Waals surface area contributed by atoms with Crippen molar-refractivity contribution in [1.29, 1.82) is 0 Å². The van der Waals surface area contributed by atoms with Gasteiger partial charge in [-0.05, 0) is 18.2 Å². The lowest BCUT2D eigenvalue weighted by atomic mass is 10.0. The second-order valence-corrected chi connectivity index (χ2v) is 6.43. The van der Waals surface area contributed by atoms with Crippen molar-refractivity contribution in [1.82, 2.24) is 9.97 Å². The van der Waals surface area contributed by atoms with Crippen LogP contribution in [0.2, 0.25) is 0 Å². The largest absolute Gasteiger partial charge is 0.464 e. The van der Waals surface area contributed by atoms with Crippen LogP contribution in [0.5, 0.6) is 0 Å². The van der Waals surface area contributed by atoms with Crippen LogP contribution in [0.1, 0.15) is 21.9 Å². The number of amides is 1. The topological polar surface area (TPSA) is 130 Å². The van der Waals surface area contributed by atoms with E-state index in [9.17, 15) is 4.79 Å². The zero-order chi connectivity index (χ0) is 16.2. The molecule has 0 saturated heterocycles. The van der Waals surface area contributed by atoms with Gasteiger partial charge in [0.2, 0.25) is 5.72 Å². The normalized spacial score (nSPS) is 22.9. The third kappa shape index (κ3) is 2.11. The molecule has 1 amide bonds. The molecular formula is C15H13N5O2S. The van der Waals surface area contributed by atoms with Crippen molar-refractivity contribution in [3.05, 3.63) is 58.2 Å². The Morgan fingerprint density at radius 1 is 1.39 bits per heavy atom. The van der Waals surface area contributed by atoms with Crippen LogP contribution in [0.15, 0.2) is 47.5 Å². The summed E-state index contributed by atoms with van der Waals surface area (Å²) in [5.41, 5.74) is 17.9. The van der Waals surface area contributed by atoms with Crippen LogP contribution in [0.3, 0.4) is 0 Å². The monoisotopic (exact) mass is 327 g/mol. The molecule has 8 heteroatoms. The number of hydrogen-bond acceptors (Lipinski definition) is 7. The number of hydrogen-bond donors (Lipinski definition) is 3. The Morgan fingerprint density at radius 2 is 2.22 bits per heavy atom. The van der Waals surface area contributed by atoms with Crippen LogP contribution in [0, 0.1) is 0 Å². The number of rotatable bonds is 2. The average Bonchev–Trinajstić information content (AvgIpc) is 3.10. The van der Waals surface area contributed by atoms with Gasteiger partial charge in [-0.1, -0.05) is 6.08 Å². The van der Waals surface area contributed by atoms with Crippen molar-refractivity contribution in [2.75, 3.05) is 0 Å². The van der Waals surface area contributed by atoms with E-state index in [-0.39, 0.29) is 0 Å². The van der Waals surface area contributed by atoms with Crippen LogP contribution in [-0.2, 0) is 10.5 Å². The molecule has 1 aliphatic carbocycles. The van der Waals surface area contributed by atoms with Crippen LogP contribution in [0.4, 0.5) is 0 Å². The fraction of sp³-hybridized carbons (Fsp3) is 0.133. The van der Waals surface area contributed by atoms with E-state index in [1.807, 2.05) is 6.08 Å². The smallest absolute Gasteiger partial charge is 0.258 e. The first-order valence-electron chi connectivity index (χ1n) is 6.89. The summed E-state index contributed by atoms with van der Waals surface area (Å²) in [6.07, 6.45) is 7.48. The fourth-order valence-electron chi connectivity index (χ4n) is 2.58. The summed E-state index contributed by atoms with van der Waals surface area (Å²) >= 11 is 1.20. The molecule has 2 aromatic rings. The van der Waals surface area contributed by atoms with Crippen LogP contribution in [0.25, 0.3) is 10.2 Å². The highest BCUT2D eigenvalue weighted by atomic mass is 32.1. The van der Waals surface area contributed by atoms with Gasteiger partial charge in [0.1, 0.15) is 10.6 Å². The molecule has 1 aliphatic heterocycles. The van der Waals surface area contributed by atoms with E-state index >= 15 is 0 Å². The summed E-state index contributed by atoms with van der Waals surface area (Å²) < 4.78 is 5.88. The summed E-state index contributed by atoms with van der Waals surface area (Å²) in [7, 11) is 0. The Hall–Kier alpha value is -2.71. The summed E-state index contributed by atoms with van der Waals surface area (Å²) in [5, 5.41) is 0.745. The second kappa shape index (κ2) is 4.64. The minimum absolute atomic E-state index is 0.351. The van der Waals surface area contributed by atoms with E-state index in [2.05, 4.69) is 9.97 Å². The molecule has 0 bridgehead atoms. The van der Waals surface area contributed by atoms with Crippen molar-refractivity contribution >= 4 is 27.5 Å². The maximum absolute atomic E-state index is 11.3. The molecule has 0 aromatic carbocycles. The van der Waals surface area contributed by atoms with E-state index in [4.69, 9.17) is 21.9 Å². The first kappa shape index (κ1) is 13.9. The van der Waals surface area contributed by atoms with E-state index in [0.29, 0.717) is 33.4 Å². The quantitative estimate of drug-likeness (QED) is 0.754. The van der Waals surface area contributed by atoms with Gasteiger partial charge in [0.15, 0.2) is 5.82 Å². The molecule has 4 rings (SSSR count). The molecule has 7 nitrogen and oxygen atoms in total. The number of nitrogens with two attached hydrogens (primary N) is 3. The number of carbonyl (C=O) groups is 1. The number of nitrogens with zero attached hydrogens (tertiary/aromatic N) is 2. The average molecular weight is 327 g/mol. The Bertz CT molecular complexity index is 942. The summed E-state index contributed by atoms with van der Waals surface area (Å²) in [6, 6.07) is 1.67. The fourth-order valence-corrected chi connectivity index (χ4v) is 3.44. The number of carbonyl (C=O) groups excluding carboxylic acids is 1. The molecule has 3 heterocycles. The van der Waals surface area contributed by atoms with Crippen molar-refractivity contribution < 1.29 is 9.53 Å². The van der Waals surface area contributed by atoms with Gasteiger partial charge in [0, 0.05) is 29.3 Å². The Labute approximate surface area is 135 Å². The van der Waals surface area contributed by atoms with Gasteiger partial charge in [-0.2, -0.15) is 0 Å². The zero-order valence-electron chi connectivity index (χ0n) is 11.9. The lowest BCUT2D eigenvalue weighted by Crippen LogP contribution is -2.42. The first-order valence-corrected chi connectivity index (χ1v) is 7.71. The maximum Gasteiger partial charge on any atom is 0.258 e. The second-order valence-electron chi connectivity index (χ2n) is 5.40. The molecule has 0 spiro atoms. The predicted molar refractivity (Wildman–Crippen MR) is 85.9 cm³/mol. The molecule has 0 radical (unpaired) electrons. The first-order chi connectivity index (χ1) is 11.0. The van der Waals surface area contributed by atoms with E-state index in [0.717, 1.165) is 11.0 Å². The maximum atomic E-state index is 11.3. The van der Waals surface area contributed by atoms with Crippen molar-refractivity contribution in [3.8, 4) is 0 Å². The van der Waals surface area contributed by atoms with Crippen LogP contribution < -0.4 is 17.2 Å². The highest BCUT2D eigenvalue weighted by molar-refractivity contribution is 7.20. The molecule has 1 unspecified atom stereocenters. The van der Waals surface area contributed by atoms with Gasteiger partial charge in [-0.25, -0.2) is 9.97 Å². The SMILES string of the molecule is NC(=O)c1cc2cnc(C3(N)CC=C4C(N)=CC=C4O3)nc2s1. The Morgan fingerprint density at radius 3 is 3.00 bits per heavy atom. The number of allylic oxidation sites excluding steroid dienone is 2. The molecule has 6 N–H and O–H groups in total. The van der Waals surface area contributed by atoms with E-state index in [1.165, 1.54) is 11.3 Å². The molecule has 0 saturated carbocycles. The zero-order valence-corrected chi connectivity index (χ0v) is 12.8. The Balaban J connectivity index is 1.74. The molecule has 2 aromatic heterocycles. The van der Waals surface area contributed by atoms with E-state index < -0.39 is 11.6 Å². The molecule has 2 aliphatic rings. The lowest BCUT2D eigenvalue weighted by Gasteiger charge is -2.32. The molecule has 0 fully saturated rings. The lowest BCUT2D eigenvalue weighted by molar-refractivity contribution is -0.00460. The summed E-state index contributed by atoms with van der Waals surface area (Å²) in [5.74, 6) is 0.477. The third-order valence-electron chi connectivity index (χ3n) is 3.79. The number of ether oxygens (including phenoxy) is 1. The van der Waals surface area contributed by atoms with Crippen molar-refractivity contribution in [2.45, 2.75) is 12.1 Å². The highest BCUT2D eigenvalue weighted by Crippen LogP contribution is 2.38. The summed E-state index contributed by atoms with van der Waals surface area (Å²) in [4.78, 5) is 21.1. The van der Waals surface area contributed by atoms with Gasteiger partial charge in [0.25, 0.3) is 5.91 Å². The minimum atomic E-state index is -1.17. The highest BCUT2D eigenvalue weighted by Gasteiger charge is 2.38. The van der Waals surface area contributed by atoms with Gasteiger partial charge in [0.05, 0.1) is 4.88 Å². The van der Waals surface area contributed by atoms with Gasteiger partial charge in [-0.3, -0.25) is 10.5 Å². The number of thiophene rings is 1. The van der Waals surface area contributed by atoms with E-state index in [1.54, 1.807) is 24.4 Å². The van der Waals surface area contributed by atoms with Gasteiger partial charge in [-0.15, -0.1) is 11.3 Å². The Kier molecular flexibility index (Phi) is 2.81. The standard InChI is InChI=1S/C15H13N5O2S/c16-9-1-2-10-8(9)3-4-15(18,22-10)14-19-6-7-5-11(12(17)21)23-13(7)20-14/h1-3,5-6H,4,16,18H2,(H2,17,21). The van der Waals surface area contributed by atoms with Gasteiger partial charge < -0.3 is 16.2 Å². The molecule has 1 atom stereocenters.